The summed E-state index contributed by atoms with van der Waals surface area (Å²) < 4.78 is 19.6. The molecule has 1 aromatic carbocycles. The molecule has 1 unspecified atom stereocenters. The van der Waals surface area contributed by atoms with Gasteiger partial charge in [0.05, 0.1) is 0 Å². The lowest BCUT2D eigenvalue weighted by Crippen LogP contribution is -2.51. The summed E-state index contributed by atoms with van der Waals surface area (Å²) >= 11 is 0. The summed E-state index contributed by atoms with van der Waals surface area (Å²) in [5, 5.41) is 0. The molecule has 132 valence electrons. The zero-order valence-corrected chi connectivity index (χ0v) is 14.5. The van der Waals surface area contributed by atoms with E-state index >= 15 is 0 Å². The predicted octanol–water partition coefficient (Wildman–Crippen LogP) is 2.82. The first-order valence-corrected chi connectivity index (χ1v) is 8.98. The van der Waals surface area contributed by atoms with Crippen molar-refractivity contribution in [2.75, 3.05) is 32.8 Å². The van der Waals surface area contributed by atoms with Crippen LogP contribution in [0.4, 0.5) is 4.39 Å². The Morgan fingerprint density at radius 3 is 2.75 bits per heavy atom. The molecule has 4 nitrogen and oxygen atoms in total. The summed E-state index contributed by atoms with van der Waals surface area (Å²) in [5.74, 6) is -0.0345. The summed E-state index contributed by atoms with van der Waals surface area (Å²) in [6, 6.07) is 6.92. The van der Waals surface area contributed by atoms with E-state index in [1.165, 1.54) is 6.07 Å². The van der Waals surface area contributed by atoms with Crippen molar-refractivity contribution in [2.45, 2.75) is 44.8 Å². The van der Waals surface area contributed by atoms with Gasteiger partial charge in [0.2, 0.25) is 0 Å². The fourth-order valence-corrected chi connectivity index (χ4v) is 3.64. The number of rotatable bonds is 3. The summed E-state index contributed by atoms with van der Waals surface area (Å²) in [6.45, 7) is 6.30. The molecule has 2 heterocycles. The average molecular weight is 334 g/mol. The lowest BCUT2D eigenvalue weighted by atomic mass is 9.94. The van der Waals surface area contributed by atoms with Crippen LogP contribution in [0.3, 0.4) is 0 Å². The number of hydrogen-bond acceptors (Lipinski definition) is 3. The van der Waals surface area contributed by atoms with Gasteiger partial charge in [0.1, 0.15) is 11.4 Å². The molecule has 0 aromatic heterocycles. The molecular formula is C19H27FN2O2. The van der Waals surface area contributed by atoms with Crippen molar-refractivity contribution in [3.05, 3.63) is 35.6 Å². The van der Waals surface area contributed by atoms with E-state index in [0.29, 0.717) is 19.7 Å². The number of carbonyl (C=O) groups excluding carboxylic acids is 1. The summed E-state index contributed by atoms with van der Waals surface area (Å²) in [4.78, 5) is 17.0. The van der Waals surface area contributed by atoms with Gasteiger partial charge < -0.3 is 9.64 Å². The maximum Gasteiger partial charge on any atom is 0.254 e. The molecule has 0 saturated carbocycles. The quantitative estimate of drug-likeness (QED) is 0.852. The molecule has 1 atom stereocenters. The van der Waals surface area contributed by atoms with Crippen molar-refractivity contribution in [3.63, 3.8) is 0 Å². The first kappa shape index (κ1) is 17.4. The molecular weight excluding hydrogens is 307 g/mol. The number of halogens is 1. The third kappa shape index (κ3) is 3.95. The highest BCUT2D eigenvalue weighted by Gasteiger charge is 2.39. The van der Waals surface area contributed by atoms with Crippen molar-refractivity contribution in [2.24, 2.45) is 0 Å². The molecule has 3 rings (SSSR count). The largest absolute Gasteiger partial charge is 0.365 e. The molecule has 0 aliphatic carbocycles. The minimum absolute atomic E-state index is 0.120. The molecule has 1 amide bonds. The van der Waals surface area contributed by atoms with Gasteiger partial charge in [0.25, 0.3) is 5.91 Å². The van der Waals surface area contributed by atoms with E-state index in [2.05, 4.69) is 4.90 Å². The van der Waals surface area contributed by atoms with Crippen LogP contribution >= 0.6 is 0 Å². The molecule has 24 heavy (non-hydrogen) atoms. The summed E-state index contributed by atoms with van der Waals surface area (Å²) in [7, 11) is 0. The lowest BCUT2D eigenvalue weighted by molar-refractivity contribution is -0.161. The van der Waals surface area contributed by atoms with E-state index in [1.54, 1.807) is 6.07 Å². The Bertz CT molecular complexity index is 572. The second kappa shape index (κ2) is 7.62. The second-order valence-electron chi connectivity index (χ2n) is 7.05. The van der Waals surface area contributed by atoms with Crippen LogP contribution in [0.25, 0.3) is 0 Å². The lowest BCUT2D eigenvalue weighted by Gasteiger charge is -2.36. The molecule has 5 heteroatoms. The van der Waals surface area contributed by atoms with Gasteiger partial charge in [-0.1, -0.05) is 18.2 Å². The van der Waals surface area contributed by atoms with Crippen LogP contribution in [0, 0.1) is 5.82 Å². The van der Waals surface area contributed by atoms with Crippen LogP contribution in [0.5, 0.6) is 0 Å². The van der Waals surface area contributed by atoms with Gasteiger partial charge in [-0.2, -0.15) is 0 Å². The van der Waals surface area contributed by atoms with Crippen LogP contribution < -0.4 is 0 Å². The van der Waals surface area contributed by atoms with E-state index in [4.69, 9.17) is 4.74 Å². The number of carbonyl (C=O) groups is 1. The van der Waals surface area contributed by atoms with E-state index in [1.807, 2.05) is 24.0 Å². The van der Waals surface area contributed by atoms with Crippen molar-refractivity contribution in [3.8, 4) is 0 Å². The molecule has 0 spiro atoms. The Balaban J connectivity index is 1.59. The Morgan fingerprint density at radius 1 is 1.17 bits per heavy atom. The van der Waals surface area contributed by atoms with Gasteiger partial charge in [-0.15, -0.1) is 0 Å². The summed E-state index contributed by atoms with van der Waals surface area (Å²) in [5.41, 5.74) is 0.0683. The van der Waals surface area contributed by atoms with Crippen LogP contribution in [0.2, 0.25) is 0 Å². The molecule has 0 bridgehead atoms. The normalized spacial score (nSPS) is 26.2. The van der Waals surface area contributed by atoms with Gasteiger partial charge >= 0.3 is 0 Å². The predicted molar refractivity (Wildman–Crippen MR) is 91.1 cm³/mol. The maximum atomic E-state index is 13.8. The van der Waals surface area contributed by atoms with E-state index in [0.717, 1.165) is 50.9 Å². The third-order valence-corrected chi connectivity index (χ3v) is 5.15. The standard InChI is InChI=1S/C19H27FN2O2/c1-19(9-4-5-14-24-19)18(23)22-11-6-10-21(12-13-22)15-16-7-2-3-8-17(16)20/h2-3,7-8H,4-6,9-15H2,1H3. The van der Waals surface area contributed by atoms with Crippen LogP contribution in [0.15, 0.2) is 24.3 Å². The van der Waals surface area contributed by atoms with Gasteiger partial charge in [-0.05, 0) is 38.7 Å². The first-order chi connectivity index (χ1) is 11.6. The smallest absolute Gasteiger partial charge is 0.254 e. The van der Waals surface area contributed by atoms with E-state index in [-0.39, 0.29) is 11.7 Å². The summed E-state index contributed by atoms with van der Waals surface area (Å²) in [6.07, 6.45) is 3.81. The van der Waals surface area contributed by atoms with Gasteiger partial charge in [-0.3, -0.25) is 9.69 Å². The number of ether oxygens (including phenoxy) is 1. The SMILES string of the molecule is CC1(C(=O)N2CCCN(Cc3ccccc3F)CC2)CCCCO1. The van der Waals surface area contributed by atoms with Crippen molar-refractivity contribution in [1.82, 2.24) is 9.80 Å². The molecule has 2 aliphatic heterocycles. The third-order valence-electron chi connectivity index (χ3n) is 5.15. The molecule has 0 N–H and O–H groups in total. The number of hydrogen-bond donors (Lipinski definition) is 0. The van der Waals surface area contributed by atoms with Gasteiger partial charge in [0, 0.05) is 44.9 Å². The maximum absolute atomic E-state index is 13.8. The van der Waals surface area contributed by atoms with E-state index < -0.39 is 5.60 Å². The Kier molecular flexibility index (Phi) is 5.51. The minimum Gasteiger partial charge on any atom is -0.365 e. The van der Waals surface area contributed by atoms with Crippen LogP contribution in [-0.2, 0) is 16.1 Å². The number of nitrogens with zero attached hydrogens (tertiary/aromatic N) is 2. The van der Waals surface area contributed by atoms with Gasteiger partial charge in [-0.25, -0.2) is 4.39 Å². The number of amides is 1. The monoisotopic (exact) mass is 334 g/mol. The van der Waals surface area contributed by atoms with E-state index in [9.17, 15) is 9.18 Å². The van der Waals surface area contributed by atoms with Crippen LogP contribution in [-0.4, -0.2) is 54.1 Å². The van der Waals surface area contributed by atoms with Crippen molar-refractivity contribution >= 4 is 5.91 Å². The fourth-order valence-electron chi connectivity index (χ4n) is 3.64. The average Bonchev–Trinajstić information content (AvgIpc) is 2.82. The van der Waals surface area contributed by atoms with Crippen LogP contribution in [0.1, 0.15) is 38.2 Å². The highest BCUT2D eigenvalue weighted by Crippen LogP contribution is 2.27. The molecule has 2 fully saturated rings. The fraction of sp³-hybridized carbons (Fsp3) is 0.632. The minimum atomic E-state index is -0.654. The Hall–Kier alpha value is -1.46. The van der Waals surface area contributed by atoms with Crippen molar-refractivity contribution in [1.29, 1.82) is 0 Å². The second-order valence-corrected chi connectivity index (χ2v) is 7.05. The Morgan fingerprint density at radius 2 is 2.00 bits per heavy atom. The molecule has 0 radical (unpaired) electrons. The Labute approximate surface area is 143 Å². The topological polar surface area (TPSA) is 32.8 Å². The molecule has 2 aliphatic rings. The number of benzene rings is 1. The van der Waals surface area contributed by atoms with Gasteiger partial charge in [0.15, 0.2) is 0 Å². The molecule has 1 aromatic rings. The zero-order valence-electron chi connectivity index (χ0n) is 14.5. The zero-order chi connectivity index (χ0) is 17.0. The molecule has 2 saturated heterocycles. The highest BCUT2D eigenvalue weighted by molar-refractivity contribution is 5.85. The van der Waals surface area contributed by atoms with Crippen molar-refractivity contribution < 1.29 is 13.9 Å². The first-order valence-electron chi connectivity index (χ1n) is 8.98. The highest BCUT2D eigenvalue weighted by atomic mass is 19.1.